The van der Waals surface area contributed by atoms with E-state index in [1.807, 2.05) is 30.3 Å². The first-order valence-corrected chi connectivity index (χ1v) is 7.24. The maximum absolute atomic E-state index is 11.7. The fourth-order valence-corrected chi connectivity index (χ4v) is 2.16. The van der Waals surface area contributed by atoms with Gasteiger partial charge in [-0.05, 0) is 49.2 Å². The zero-order valence-corrected chi connectivity index (χ0v) is 13.2. The van der Waals surface area contributed by atoms with Crippen LogP contribution in [0.2, 0.25) is 0 Å². The first-order chi connectivity index (χ1) is 10.4. The maximum Gasteiger partial charge on any atom is 0.231 e. The number of hydrogen-bond donors (Lipinski definition) is 0. The van der Waals surface area contributed by atoms with Crippen LogP contribution in [0.5, 0.6) is 5.75 Å². The molecule has 0 aliphatic rings. The first kappa shape index (κ1) is 16.1. The summed E-state index contributed by atoms with van der Waals surface area (Å²) in [6, 6.07) is 16.8. The van der Waals surface area contributed by atoms with Crippen molar-refractivity contribution in [3.05, 3.63) is 65.2 Å². The summed E-state index contributed by atoms with van der Waals surface area (Å²) in [6.07, 6.45) is 0. The standard InChI is InChI=1S/C18H16ClNO2/c1-18(2,17(19)21)15-10-14(11-20)8-9-16(15)22-12-13-6-4-3-5-7-13/h3-10H,12H2,1-2H3. The summed E-state index contributed by atoms with van der Waals surface area (Å²) in [5.74, 6) is 0.557. The Bertz CT molecular complexity index is 718. The number of carbonyl (C=O) groups is 1. The van der Waals surface area contributed by atoms with Gasteiger partial charge in [0.15, 0.2) is 0 Å². The molecule has 2 rings (SSSR count). The number of halogens is 1. The molecule has 0 aliphatic heterocycles. The Morgan fingerprint density at radius 2 is 1.91 bits per heavy atom. The topological polar surface area (TPSA) is 50.1 Å². The van der Waals surface area contributed by atoms with Crippen molar-refractivity contribution in [2.24, 2.45) is 0 Å². The van der Waals surface area contributed by atoms with Crippen molar-refractivity contribution in [3.8, 4) is 11.8 Å². The van der Waals surface area contributed by atoms with Crippen molar-refractivity contribution in [1.29, 1.82) is 5.26 Å². The summed E-state index contributed by atoms with van der Waals surface area (Å²) in [7, 11) is 0. The number of hydrogen-bond acceptors (Lipinski definition) is 3. The van der Waals surface area contributed by atoms with Gasteiger partial charge in [-0.3, -0.25) is 4.79 Å². The smallest absolute Gasteiger partial charge is 0.231 e. The fourth-order valence-electron chi connectivity index (χ4n) is 2.06. The van der Waals surface area contributed by atoms with Crippen molar-refractivity contribution in [2.75, 3.05) is 0 Å². The molecule has 3 nitrogen and oxygen atoms in total. The third-order valence-electron chi connectivity index (χ3n) is 3.51. The molecule has 0 fully saturated rings. The minimum atomic E-state index is -0.930. The van der Waals surface area contributed by atoms with Gasteiger partial charge in [-0.15, -0.1) is 0 Å². The van der Waals surface area contributed by atoms with E-state index in [2.05, 4.69) is 6.07 Å². The largest absolute Gasteiger partial charge is 0.489 e. The van der Waals surface area contributed by atoms with Crippen LogP contribution in [0.1, 0.15) is 30.5 Å². The van der Waals surface area contributed by atoms with Crippen LogP contribution in [-0.2, 0) is 16.8 Å². The van der Waals surface area contributed by atoms with Crippen LogP contribution in [0.3, 0.4) is 0 Å². The fraction of sp³-hybridized carbons (Fsp3) is 0.222. The molecule has 4 heteroatoms. The Balaban J connectivity index is 2.35. The molecular formula is C18H16ClNO2. The zero-order chi connectivity index (χ0) is 16.2. The van der Waals surface area contributed by atoms with Crippen LogP contribution in [-0.4, -0.2) is 5.24 Å². The van der Waals surface area contributed by atoms with E-state index in [0.29, 0.717) is 23.5 Å². The molecular weight excluding hydrogens is 298 g/mol. The van der Waals surface area contributed by atoms with Crippen LogP contribution in [0.4, 0.5) is 0 Å². The Morgan fingerprint density at radius 1 is 1.23 bits per heavy atom. The zero-order valence-electron chi connectivity index (χ0n) is 12.5. The second kappa shape index (κ2) is 6.64. The number of benzene rings is 2. The number of ether oxygens (including phenoxy) is 1. The van der Waals surface area contributed by atoms with Crippen molar-refractivity contribution in [1.82, 2.24) is 0 Å². The van der Waals surface area contributed by atoms with Crippen molar-refractivity contribution in [3.63, 3.8) is 0 Å². The quantitative estimate of drug-likeness (QED) is 0.778. The van der Waals surface area contributed by atoms with Gasteiger partial charge in [0.1, 0.15) is 12.4 Å². The summed E-state index contributed by atoms with van der Waals surface area (Å²) in [5, 5.41) is 8.56. The Hall–Kier alpha value is -2.31. The molecule has 0 bridgehead atoms. The first-order valence-electron chi connectivity index (χ1n) is 6.86. The van der Waals surface area contributed by atoms with E-state index in [9.17, 15) is 4.79 Å². The van der Waals surface area contributed by atoms with Gasteiger partial charge in [0.05, 0.1) is 17.0 Å². The third-order valence-corrected chi connectivity index (χ3v) is 3.98. The summed E-state index contributed by atoms with van der Waals surface area (Å²) in [4.78, 5) is 11.7. The van der Waals surface area contributed by atoms with Gasteiger partial charge in [0.25, 0.3) is 0 Å². The lowest BCUT2D eigenvalue weighted by Gasteiger charge is -2.23. The average molecular weight is 314 g/mol. The van der Waals surface area contributed by atoms with E-state index < -0.39 is 10.7 Å². The summed E-state index contributed by atoms with van der Waals surface area (Å²) in [6.45, 7) is 3.81. The predicted molar refractivity (Wildman–Crippen MR) is 85.8 cm³/mol. The predicted octanol–water partition coefficient (Wildman–Crippen LogP) is 4.18. The van der Waals surface area contributed by atoms with E-state index in [0.717, 1.165) is 5.56 Å². The molecule has 0 radical (unpaired) electrons. The normalized spacial score (nSPS) is 10.8. The summed E-state index contributed by atoms with van der Waals surface area (Å²) >= 11 is 5.71. The molecule has 0 aromatic heterocycles. The van der Waals surface area contributed by atoms with Gasteiger partial charge in [-0.25, -0.2) is 0 Å². The highest BCUT2D eigenvalue weighted by Crippen LogP contribution is 2.34. The van der Waals surface area contributed by atoms with Crippen molar-refractivity contribution < 1.29 is 9.53 Å². The van der Waals surface area contributed by atoms with Crippen LogP contribution < -0.4 is 4.74 Å². The SMILES string of the molecule is CC(C)(C(=O)Cl)c1cc(C#N)ccc1OCc1ccccc1. The molecule has 0 atom stereocenters. The van der Waals surface area contributed by atoms with Gasteiger partial charge in [0, 0.05) is 5.56 Å². The molecule has 112 valence electrons. The Labute approximate surface area is 135 Å². The van der Waals surface area contributed by atoms with Crippen LogP contribution in [0.25, 0.3) is 0 Å². The lowest BCUT2D eigenvalue weighted by molar-refractivity contribution is -0.115. The number of rotatable bonds is 5. The lowest BCUT2D eigenvalue weighted by atomic mass is 9.84. The van der Waals surface area contributed by atoms with Gasteiger partial charge in [-0.2, -0.15) is 5.26 Å². The molecule has 0 N–H and O–H groups in total. The highest BCUT2D eigenvalue weighted by molar-refractivity contribution is 6.65. The molecule has 0 saturated heterocycles. The minimum Gasteiger partial charge on any atom is -0.489 e. The van der Waals surface area contributed by atoms with Crippen LogP contribution in [0.15, 0.2) is 48.5 Å². The van der Waals surface area contributed by atoms with Gasteiger partial charge in [-0.1, -0.05) is 30.3 Å². The molecule has 0 spiro atoms. The van der Waals surface area contributed by atoms with Crippen molar-refractivity contribution in [2.45, 2.75) is 25.9 Å². The maximum atomic E-state index is 11.7. The lowest BCUT2D eigenvalue weighted by Crippen LogP contribution is -2.25. The van der Waals surface area contributed by atoms with Gasteiger partial charge >= 0.3 is 0 Å². The number of nitriles is 1. The molecule has 0 aliphatic carbocycles. The second-order valence-corrected chi connectivity index (χ2v) is 5.84. The van der Waals surface area contributed by atoms with E-state index in [1.165, 1.54) is 0 Å². The van der Waals surface area contributed by atoms with E-state index in [1.54, 1.807) is 32.0 Å². The average Bonchev–Trinajstić information content (AvgIpc) is 2.53. The molecule has 0 heterocycles. The van der Waals surface area contributed by atoms with E-state index in [-0.39, 0.29) is 0 Å². The third kappa shape index (κ3) is 3.47. The monoisotopic (exact) mass is 313 g/mol. The molecule has 0 amide bonds. The highest BCUT2D eigenvalue weighted by atomic mass is 35.5. The van der Waals surface area contributed by atoms with Gasteiger partial charge in [0.2, 0.25) is 5.24 Å². The van der Waals surface area contributed by atoms with E-state index >= 15 is 0 Å². The van der Waals surface area contributed by atoms with E-state index in [4.69, 9.17) is 21.6 Å². The Kier molecular flexibility index (Phi) is 4.85. The van der Waals surface area contributed by atoms with Crippen LogP contribution >= 0.6 is 11.6 Å². The Morgan fingerprint density at radius 3 is 2.50 bits per heavy atom. The minimum absolute atomic E-state index is 0.381. The molecule has 2 aromatic rings. The molecule has 2 aromatic carbocycles. The molecule has 0 unspecified atom stereocenters. The molecule has 22 heavy (non-hydrogen) atoms. The molecule has 0 saturated carbocycles. The summed E-state index contributed by atoms with van der Waals surface area (Å²) in [5.41, 5.74) is 1.17. The highest BCUT2D eigenvalue weighted by Gasteiger charge is 2.31. The number of nitrogens with zero attached hydrogens (tertiary/aromatic N) is 1. The summed E-state index contributed by atoms with van der Waals surface area (Å²) < 4.78 is 5.84. The van der Waals surface area contributed by atoms with Gasteiger partial charge < -0.3 is 4.74 Å². The van der Waals surface area contributed by atoms with Crippen molar-refractivity contribution >= 4 is 16.8 Å². The number of carbonyl (C=O) groups excluding carboxylic acids is 1. The van der Waals surface area contributed by atoms with Crippen LogP contribution in [0, 0.1) is 11.3 Å². The second-order valence-electron chi connectivity index (χ2n) is 5.50.